The topological polar surface area (TPSA) is 20.3 Å². The summed E-state index contributed by atoms with van der Waals surface area (Å²) >= 11 is 0. The fraction of sp³-hybridized carbons (Fsp3) is 0.364. The van der Waals surface area contributed by atoms with Gasteiger partial charge in [0, 0.05) is 26.1 Å². The Hall–Kier alpha value is -1.45. The van der Waals surface area contributed by atoms with Crippen molar-refractivity contribution in [3.8, 4) is 0 Å². The summed E-state index contributed by atoms with van der Waals surface area (Å²) in [6.07, 6.45) is 0.326. The van der Waals surface area contributed by atoms with Crippen LogP contribution in [0.25, 0.3) is 0 Å². The number of hydrogen-bond donors (Lipinski definition) is 0. The van der Waals surface area contributed by atoms with Crippen molar-refractivity contribution in [1.82, 2.24) is 0 Å². The maximum atomic E-state index is 13.3. The number of rotatable bonds is 4. The summed E-state index contributed by atoms with van der Waals surface area (Å²) in [5.41, 5.74) is 0.177. The second kappa shape index (κ2) is 4.87. The van der Waals surface area contributed by atoms with E-state index in [0.29, 0.717) is 13.0 Å². The lowest BCUT2D eigenvalue weighted by Gasteiger charge is -2.19. The van der Waals surface area contributed by atoms with Gasteiger partial charge in [-0.05, 0) is 19.1 Å². The second-order valence-corrected chi connectivity index (χ2v) is 3.47. The standard InChI is InChI=1S/C11H13F2NO/c1-8(15)5-6-14(2)11-7-9(12)3-4-10(11)13/h3-4,7H,5-6H2,1-2H3. The largest absolute Gasteiger partial charge is 0.372 e. The van der Waals surface area contributed by atoms with E-state index < -0.39 is 11.6 Å². The Kier molecular flexibility index (Phi) is 3.77. The molecule has 4 heteroatoms. The van der Waals surface area contributed by atoms with Crippen LogP contribution in [-0.4, -0.2) is 19.4 Å². The number of ketones is 1. The number of anilines is 1. The van der Waals surface area contributed by atoms with E-state index in [0.717, 1.165) is 18.2 Å². The van der Waals surface area contributed by atoms with Crippen LogP contribution in [-0.2, 0) is 4.79 Å². The highest BCUT2D eigenvalue weighted by Crippen LogP contribution is 2.19. The Bertz CT molecular complexity index is 366. The number of carbonyl (C=O) groups excluding carboxylic acids is 1. The average Bonchev–Trinajstić information content (AvgIpc) is 2.18. The third-order valence-corrected chi connectivity index (χ3v) is 2.12. The molecule has 0 fully saturated rings. The lowest BCUT2D eigenvalue weighted by Crippen LogP contribution is -2.21. The zero-order valence-electron chi connectivity index (χ0n) is 8.76. The number of carbonyl (C=O) groups is 1. The fourth-order valence-electron chi connectivity index (χ4n) is 1.22. The van der Waals surface area contributed by atoms with E-state index in [9.17, 15) is 13.6 Å². The summed E-state index contributed by atoms with van der Waals surface area (Å²) in [6, 6.07) is 3.27. The van der Waals surface area contributed by atoms with Crippen molar-refractivity contribution in [1.29, 1.82) is 0 Å². The highest BCUT2D eigenvalue weighted by Gasteiger charge is 2.09. The van der Waals surface area contributed by atoms with E-state index in [1.807, 2.05) is 0 Å². The van der Waals surface area contributed by atoms with Crippen LogP contribution in [0.5, 0.6) is 0 Å². The molecular formula is C11H13F2NO. The van der Waals surface area contributed by atoms with Crippen LogP contribution in [0.1, 0.15) is 13.3 Å². The number of nitrogens with zero attached hydrogens (tertiary/aromatic N) is 1. The van der Waals surface area contributed by atoms with Gasteiger partial charge >= 0.3 is 0 Å². The SMILES string of the molecule is CC(=O)CCN(C)c1cc(F)ccc1F. The van der Waals surface area contributed by atoms with Gasteiger partial charge in [0.1, 0.15) is 17.4 Å². The molecule has 1 rings (SSSR count). The van der Waals surface area contributed by atoms with Crippen molar-refractivity contribution in [2.45, 2.75) is 13.3 Å². The Labute approximate surface area is 87.5 Å². The molecule has 1 aromatic carbocycles. The van der Waals surface area contributed by atoms with Gasteiger partial charge in [-0.3, -0.25) is 4.79 Å². The van der Waals surface area contributed by atoms with Gasteiger partial charge in [-0.2, -0.15) is 0 Å². The fourth-order valence-corrected chi connectivity index (χ4v) is 1.22. The minimum absolute atomic E-state index is 0.0265. The molecule has 0 N–H and O–H groups in total. The molecule has 0 aliphatic rings. The number of benzene rings is 1. The number of halogens is 2. The van der Waals surface area contributed by atoms with E-state index in [2.05, 4.69) is 0 Å². The van der Waals surface area contributed by atoms with Crippen LogP contribution in [0.4, 0.5) is 14.5 Å². The first kappa shape index (κ1) is 11.6. The van der Waals surface area contributed by atoms with Crippen molar-refractivity contribution in [3.63, 3.8) is 0 Å². The highest BCUT2D eigenvalue weighted by molar-refractivity contribution is 5.76. The molecule has 0 amide bonds. The first-order chi connectivity index (χ1) is 7.00. The zero-order chi connectivity index (χ0) is 11.4. The maximum absolute atomic E-state index is 13.3. The summed E-state index contributed by atoms with van der Waals surface area (Å²) in [4.78, 5) is 12.3. The predicted octanol–water partition coefficient (Wildman–Crippen LogP) is 2.38. The highest BCUT2D eigenvalue weighted by atomic mass is 19.1. The third-order valence-electron chi connectivity index (χ3n) is 2.12. The minimum Gasteiger partial charge on any atom is -0.372 e. The molecule has 15 heavy (non-hydrogen) atoms. The molecule has 0 unspecified atom stereocenters. The van der Waals surface area contributed by atoms with E-state index >= 15 is 0 Å². The first-order valence-electron chi connectivity index (χ1n) is 4.66. The second-order valence-electron chi connectivity index (χ2n) is 3.47. The van der Waals surface area contributed by atoms with Crippen molar-refractivity contribution < 1.29 is 13.6 Å². The van der Waals surface area contributed by atoms with Crippen LogP contribution in [0, 0.1) is 11.6 Å². The van der Waals surface area contributed by atoms with E-state index in [4.69, 9.17) is 0 Å². The van der Waals surface area contributed by atoms with Gasteiger partial charge in [0.2, 0.25) is 0 Å². The first-order valence-corrected chi connectivity index (χ1v) is 4.66. The van der Waals surface area contributed by atoms with Gasteiger partial charge in [0.05, 0.1) is 5.69 Å². The molecule has 0 aliphatic carbocycles. The Morgan fingerprint density at radius 2 is 2.07 bits per heavy atom. The maximum Gasteiger partial charge on any atom is 0.146 e. The lowest BCUT2D eigenvalue weighted by molar-refractivity contribution is -0.116. The Morgan fingerprint density at radius 1 is 1.40 bits per heavy atom. The van der Waals surface area contributed by atoms with Gasteiger partial charge in [0.25, 0.3) is 0 Å². The lowest BCUT2D eigenvalue weighted by atomic mass is 10.2. The smallest absolute Gasteiger partial charge is 0.146 e. The van der Waals surface area contributed by atoms with Crippen molar-refractivity contribution >= 4 is 11.5 Å². The molecule has 0 bridgehead atoms. The summed E-state index contributed by atoms with van der Waals surface area (Å²) in [5.74, 6) is -0.942. The zero-order valence-corrected chi connectivity index (χ0v) is 8.76. The van der Waals surface area contributed by atoms with Crippen molar-refractivity contribution in [2.75, 3.05) is 18.5 Å². The van der Waals surface area contributed by atoms with E-state index in [-0.39, 0.29) is 11.5 Å². The van der Waals surface area contributed by atoms with Crippen LogP contribution in [0.15, 0.2) is 18.2 Å². The molecule has 0 aromatic heterocycles. The molecule has 0 saturated heterocycles. The number of hydrogen-bond acceptors (Lipinski definition) is 2. The van der Waals surface area contributed by atoms with Gasteiger partial charge in [-0.1, -0.05) is 0 Å². The van der Waals surface area contributed by atoms with Gasteiger partial charge < -0.3 is 4.90 Å². The molecule has 82 valence electrons. The van der Waals surface area contributed by atoms with Crippen molar-refractivity contribution in [2.24, 2.45) is 0 Å². The normalized spacial score (nSPS) is 10.1. The summed E-state index contributed by atoms with van der Waals surface area (Å²) in [5, 5.41) is 0. The quantitative estimate of drug-likeness (QED) is 0.765. The molecule has 0 saturated carbocycles. The van der Waals surface area contributed by atoms with Crippen LogP contribution < -0.4 is 4.90 Å². The van der Waals surface area contributed by atoms with Crippen molar-refractivity contribution in [3.05, 3.63) is 29.8 Å². The Balaban J connectivity index is 2.76. The molecule has 0 aliphatic heterocycles. The van der Waals surface area contributed by atoms with Crippen LogP contribution in [0.3, 0.4) is 0 Å². The Morgan fingerprint density at radius 3 is 2.67 bits per heavy atom. The summed E-state index contributed by atoms with van der Waals surface area (Å²) < 4.78 is 26.1. The van der Waals surface area contributed by atoms with E-state index in [1.54, 1.807) is 7.05 Å². The number of Topliss-reactive ketones (excluding diaryl/α,β-unsaturated/α-hetero) is 1. The van der Waals surface area contributed by atoms with Gasteiger partial charge in [-0.25, -0.2) is 8.78 Å². The minimum atomic E-state index is -0.485. The molecule has 0 heterocycles. The molecule has 1 aromatic rings. The molecular weight excluding hydrogens is 200 g/mol. The molecule has 0 atom stereocenters. The summed E-state index contributed by atoms with van der Waals surface area (Å²) in [7, 11) is 1.63. The van der Waals surface area contributed by atoms with Crippen LogP contribution >= 0.6 is 0 Å². The molecule has 2 nitrogen and oxygen atoms in total. The van der Waals surface area contributed by atoms with Gasteiger partial charge in [-0.15, -0.1) is 0 Å². The summed E-state index contributed by atoms with van der Waals surface area (Å²) in [6.45, 7) is 1.85. The van der Waals surface area contributed by atoms with E-state index in [1.165, 1.54) is 11.8 Å². The monoisotopic (exact) mass is 213 g/mol. The van der Waals surface area contributed by atoms with Gasteiger partial charge in [0.15, 0.2) is 0 Å². The van der Waals surface area contributed by atoms with Crippen LogP contribution in [0.2, 0.25) is 0 Å². The molecule has 0 radical (unpaired) electrons. The third kappa shape index (κ3) is 3.31. The average molecular weight is 213 g/mol. The molecule has 0 spiro atoms. The predicted molar refractivity (Wildman–Crippen MR) is 54.9 cm³/mol.